The fourth-order valence-electron chi connectivity index (χ4n) is 5.65. The van der Waals surface area contributed by atoms with E-state index in [1.807, 2.05) is 73.7 Å². The summed E-state index contributed by atoms with van der Waals surface area (Å²) in [6.45, 7) is 3.99. The maximum absolute atomic E-state index is 14.2. The molecule has 2 aromatic carbocycles. The highest BCUT2D eigenvalue weighted by molar-refractivity contribution is 6.30. The topological polar surface area (TPSA) is 93.4 Å². The molecule has 0 unspecified atom stereocenters. The lowest BCUT2D eigenvalue weighted by Crippen LogP contribution is -2.57. The molecule has 0 saturated carbocycles. The third-order valence-corrected chi connectivity index (χ3v) is 7.92. The van der Waals surface area contributed by atoms with Gasteiger partial charge in [-0.15, -0.1) is 0 Å². The zero-order valence-corrected chi connectivity index (χ0v) is 22.2. The van der Waals surface area contributed by atoms with Crippen molar-refractivity contribution in [3.63, 3.8) is 0 Å². The number of carbonyl (C=O) groups is 2. The third-order valence-electron chi connectivity index (χ3n) is 7.92. The van der Waals surface area contributed by atoms with Crippen molar-refractivity contribution in [3.05, 3.63) is 108 Å². The van der Waals surface area contributed by atoms with Crippen molar-refractivity contribution in [2.45, 2.75) is 31.8 Å². The monoisotopic (exact) mass is 528 g/mol. The van der Waals surface area contributed by atoms with E-state index in [-0.39, 0.29) is 5.91 Å². The van der Waals surface area contributed by atoms with Crippen LogP contribution in [0.2, 0.25) is 0 Å². The van der Waals surface area contributed by atoms with Crippen molar-refractivity contribution in [2.24, 2.45) is 0 Å². The van der Waals surface area contributed by atoms with Crippen molar-refractivity contribution < 1.29 is 9.59 Å². The summed E-state index contributed by atoms with van der Waals surface area (Å²) in [5.74, 6) is 0.125. The van der Waals surface area contributed by atoms with E-state index < -0.39 is 11.6 Å². The molecule has 6 rings (SSSR count). The van der Waals surface area contributed by atoms with Gasteiger partial charge in [-0.2, -0.15) is 5.26 Å². The number of piperidine rings is 1. The number of likely N-dealkylation sites (tertiary alicyclic amines) is 1. The van der Waals surface area contributed by atoms with Crippen LogP contribution in [0.1, 0.15) is 29.7 Å². The Morgan fingerprint density at radius 2 is 1.60 bits per heavy atom. The van der Waals surface area contributed by atoms with E-state index in [4.69, 9.17) is 0 Å². The molecule has 4 aromatic rings. The van der Waals surface area contributed by atoms with Crippen LogP contribution in [0.4, 0.5) is 16.3 Å². The number of aryl methyl sites for hydroxylation is 1. The summed E-state index contributed by atoms with van der Waals surface area (Å²) in [6.07, 6.45) is 4.16. The van der Waals surface area contributed by atoms with E-state index in [1.54, 1.807) is 23.2 Å². The summed E-state index contributed by atoms with van der Waals surface area (Å²) in [7, 11) is 0. The number of nitriles is 1. The highest BCUT2D eigenvalue weighted by atomic mass is 16.2. The predicted octanol–water partition coefficient (Wildman–Crippen LogP) is 5.33. The summed E-state index contributed by atoms with van der Waals surface area (Å²) in [5.41, 5.74) is 4.06. The maximum atomic E-state index is 14.2. The van der Waals surface area contributed by atoms with E-state index in [0.29, 0.717) is 49.5 Å². The highest BCUT2D eigenvalue weighted by Crippen LogP contribution is 2.42. The molecule has 2 aromatic heterocycles. The SMILES string of the molecule is Cc1cccnc1CN1CCC2(CC1)C(=O)N(c1ccc(-c3ccccc3)cc1)C(=O)N2c1ccc(C#N)cn1. The predicted molar refractivity (Wildman–Crippen MR) is 152 cm³/mol. The van der Waals surface area contributed by atoms with Gasteiger partial charge in [0.2, 0.25) is 0 Å². The van der Waals surface area contributed by atoms with E-state index in [9.17, 15) is 14.9 Å². The molecule has 0 N–H and O–H groups in total. The number of benzene rings is 2. The quantitative estimate of drug-likeness (QED) is 0.325. The second kappa shape index (κ2) is 10.4. The highest BCUT2D eigenvalue weighted by Gasteiger charge is 2.59. The molecule has 2 aliphatic heterocycles. The lowest BCUT2D eigenvalue weighted by molar-refractivity contribution is -0.123. The zero-order valence-electron chi connectivity index (χ0n) is 22.2. The number of carbonyl (C=O) groups excluding carboxylic acids is 2. The second-order valence-electron chi connectivity index (χ2n) is 10.3. The second-order valence-corrected chi connectivity index (χ2v) is 10.3. The maximum Gasteiger partial charge on any atom is 0.338 e. The number of aromatic nitrogens is 2. The molecule has 2 aliphatic rings. The van der Waals surface area contributed by atoms with Crippen molar-refractivity contribution >= 4 is 23.4 Å². The zero-order chi connectivity index (χ0) is 27.7. The molecule has 0 radical (unpaired) electrons. The van der Waals surface area contributed by atoms with E-state index in [1.165, 1.54) is 11.1 Å². The normalized spacial score (nSPS) is 16.9. The molecule has 0 bridgehead atoms. The van der Waals surface area contributed by atoms with Gasteiger partial charge >= 0.3 is 6.03 Å². The minimum absolute atomic E-state index is 0.246. The molecule has 4 heterocycles. The minimum Gasteiger partial charge on any atom is -0.297 e. The first-order valence-corrected chi connectivity index (χ1v) is 13.3. The number of hydrogen-bond acceptors (Lipinski definition) is 6. The summed E-state index contributed by atoms with van der Waals surface area (Å²) in [6, 6.07) is 26.4. The van der Waals surface area contributed by atoms with Gasteiger partial charge in [0.25, 0.3) is 5.91 Å². The smallest absolute Gasteiger partial charge is 0.297 e. The van der Waals surface area contributed by atoms with Gasteiger partial charge in [0.05, 0.1) is 16.9 Å². The van der Waals surface area contributed by atoms with Crippen LogP contribution >= 0.6 is 0 Å². The molecule has 8 nitrogen and oxygen atoms in total. The van der Waals surface area contributed by atoms with Crippen LogP contribution in [-0.2, 0) is 11.3 Å². The van der Waals surface area contributed by atoms with Gasteiger partial charge in [-0.25, -0.2) is 14.7 Å². The Morgan fingerprint density at radius 3 is 2.25 bits per heavy atom. The summed E-state index contributed by atoms with van der Waals surface area (Å²) < 4.78 is 0. The van der Waals surface area contributed by atoms with Gasteiger partial charge in [0.15, 0.2) is 0 Å². The Labute approximate surface area is 233 Å². The first kappa shape index (κ1) is 25.4. The molecule has 198 valence electrons. The van der Waals surface area contributed by atoms with Gasteiger partial charge < -0.3 is 0 Å². The number of urea groups is 1. The molecule has 40 heavy (non-hydrogen) atoms. The molecule has 8 heteroatoms. The summed E-state index contributed by atoms with van der Waals surface area (Å²) in [4.78, 5) is 42.3. The van der Waals surface area contributed by atoms with Crippen LogP contribution in [0, 0.1) is 18.3 Å². The number of pyridine rings is 2. The number of rotatable bonds is 5. The molecule has 2 saturated heterocycles. The van der Waals surface area contributed by atoms with Gasteiger partial charge in [0.1, 0.15) is 17.4 Å². The number of hydrogen-bond donors (Lipinski definition) is 0. The molecular weight excluding hydrogens is 500 g/mol. The van der Waals surface area contributed by atoms with Crippen LogP contribution in [0.3, 0.4) is 0 Å². The molecule has 1 spiro atoms. The standard InChI is InChI=1S/C32H28N6O2/c1-23-6-5-17-34-28(23)22-36-18-15-32(16-19-36)30(39)37(31(40)38(32)29-14-9-24(20-33)21-35-29)27-12-10-26(11-13-27)25-7-3-2-4-8-25/h2-14,17,21H,15-16,18-19,22H2,1H3. The van der Waals surface area contributed by atoms with Crippen molar-refractivity contribution in [2.75, 3.05) is 22.9 Å². The fraction of sp³-hybridized carbons (Fsp3) is 0.219. The molecule has 0 aliphatic carbocycles. The largest absolute Gasteiger partial charge is 0.338 e. The molecule has 3 amide bonds. The Hall–Kier alpha value is -4.87. The Bertz CT molecular complexity index is 1590. The van der Waals surface area contributed by atoms with Crippen LogP contribution in [0.15, 0.2) is 91.3 Å². The lowest BCUT2D eigenvalue weighted by Gasteiger charge is -2.41. The average molecular weight is 529 g/mol. The minimum atomic E-state index is -1.06. The third kappa shape index (κ3) is 4.40. The van der Waals surface area contributed by atoms with Crippen LogP contribution in [0.5, 0.6) is 0 Å². The summed E-state index contributed by atoms with van der Waals surface area (Å²) in [5, 5.41) is 9.25. The Morgan fingerprint density at radius 1 is 0.875 bits per heavy atom. The van der Waals surface area contributed by atoms with Gasteiger partial charge in [-0.3, -0.25) is 19.6 Å². The van der Waals surface area contributed by atoms with Crippen molar-refractivity contribution in [1.82, 2.24) is 14.9 Å². The van der Waals surface area contributed by atoms with E-state index in [0.717, 1.165) is 22.4 Å². The van der Waals surface area contributed by atoms with Gasteiger partial charge in [-0.05, 0) is 66.8 Å². The van der Waals surface area contributed by atoms with Crippen molar-refractivity contribution in [1.29, 1.82) is 5.26 Å². The van der Waals surface area contributed by atoms with Crippen LogP contribution in [0.25, 0.3) is 11.1 Å². The number of anilines is 2. The first-order valence-electron chi connectivity index (χ1n) is 13.3. The molecular formula is C32H28N6O2. The summed E-state index contributed by atoms with van der Waals surface area (Å²) >= 11 is 0. The fourth-order valence-corrected chi connectivity index (χ4v) is 5.65. The average Bonchev–Trinajstić information content (AvgIpc) is 3.21. The van der Waals surface area contributed by atoms with Gasteiger partial charge in [0, 0.05) is 32.0 Å². The van der Waals surface area contributed by atoms with Gasteiger partial charge in [-0.1, -0.05) is 48.5 Å². The number of nitrogens with zero attached hydrogens (tertiary/aromatic N) is 6. The van der Waals surface area contributed by atoms with Crippen LogP contribution < -0.4 is 9.80 Å². The number of imide groups is 1. The van der Waals surface area contributed by atoms with Crippen LogP contribution in [-0.4, -0.2) is 45.4 Å². The Kier molecular flexibility index (Phi) is 6.58. The first-order chi connectivity index (χ1) is 19.5. The van der Waals surface area contributed by atoms with E-state index in [2.05, 4.69) is 20.9 Å². The van der Waals surface area contributed by atoms with E-state index >= 15 is 0 Å². The Balaban J connectivity index is 1.32. The molecule has 0 atom stereocenters. The lowest BCUT2D eigenvalue weighted by atomic mass is 9.85. The van der Waals surface area contributed by atoms with Crippen molar-refractivity contribution in [3.8, 4) is 17.2 Å². The molecule has 2 fully saturated rings. The number of amides is 3.